The van der Waals surface area contributed by atoms with Crippen molar-refractivity contribution >= 4 is 11.9 Å². The van der Waals surface area contributed by atoms with Gasteiger partial charge in [-0.25, -0.2) is 9.59 Å². The minimum absolute atomic E-state index is 0.108. The summed E-state index contributed by atoms with van der Waals surface area (Å²) in [6.07, 6.45) is 0.841. The maximum atomic E-state index is 11.7. The highest BCUT2D eigenvalue weighted by Gasteiger charge is 2.52. The van der Waals surface area contributed by atoms with E-state index in [9.17, 15) is 14.7 Å². The second kappa shape index (κ2) is 5.54. The van der Waals surface area contributed by atoms with E-state index in [2.05, 4.69) is 6.58 Å². The Labute approximate surface area is 117 Å². The zero-order valence-electron chi connectivity index (χ0n) is 11.8. The molecule has 2 aliphatic rings. The standard InChI is InChI=1S/C14H20O6/c1-8(2)12(16)18-7-11(15)19-10-5-4-9-6-14(10,3)20-13(9)17/h9-10,13,17H,1,4-7H2,2-3H3. The normalized spacial score (nSPS) is 35.5. The SMILES string of the molecule is C=C(C)C(=O)OCC(=O)OC1CCC2CC1(C)OC2O. The fourth-order valence-corrected chi connectivity index (χ4v) is 2.79. The van der Waals surface area contributed by atoms with Crippen LogP contribution in [0.5, 0.6) is 0 Å². The van der Waals surface area contributed by atoms with Gasteiger partial charge in [0.15, 0.2) is 12.9 Å². The first-order valence-electron chi connectivity index (χ1n) is 6.70. The lowest BCUT2D eigenvalue weighted by atomic mass is 9.79. The average Bonchev–Trinajstić information content (AvgIpc) is 2.61. The van der Waals surface area contributed by atoms with Crippen LogP contribution >= 0.6 is 0 Å². The molecule has 6 nitrogen and oxygen atoms in total. The molecule has 0 spiro atoms. The molecule has 2 fully saturated rings. The van der Waals surface area contributed by atoms with Crippen molar-refractivity contribution in [2.45, 2.75) is 51.1 Å². The summed E-state index contributed by atoms with van der Waals surface area (Å²) in [6, 6.07) is 0. The Bertz CT molecular complexity index is 427. The van der Waals surface area contributed by atoms with Crippen LogP contribution in [0.3, 0.4) is 0 Å². The van der Waals surface area contributed by atoms with Crippen molar-refractivity contribution < 1.29 is 28.9 Å². The van der Waals surface area contributed by atoms with Crippen LogP contribution in [-0.2, 0) is 23.8 Å². The van der Waals surface area contributed by atoms with Gasteiger partial charge >= 0.3 is 11.9 Å². The molecule has 4 unspecified atom stereocenters. The quantitative estimate of drug-likeness (QED) is 0.611. The number of aliphatic hydroxyl groups excluding tert-OH is 1. The first-order chi connectivity index (χ1) is 9.32. The number of carbonyl (C=O) groups excluding carboxylic acids is 2. The fraction of sp³-hybridized carbons (Fsp3) is 0.714. The molecular formula is C14H20O6. The first-order valence-corrected chi connectivity index (χ1v) is 6.70. The van der Waals surface area contributed by atoms with Gasteiger partial charge in [0, 0.05) is 11.5 Å². The minimum Gasteiger partial charge on any atom is -0.457 e. The summed E-state index contributed by atoms with van der Waals surface area (Å²) >= 11 is 0. The highest BCUT2D eigenvalue weighted by molar-refractivity contribution is 5.88. The van der Waals surface area contributed by atoms with E-state index in [0.29, 0.717) is 12.8 Å². The van der Waals surface area contributed by atoms with Crippen molar-refractivity contribution in [1.82, 2.24) is 0 Å². The molecule has 1 heterocycles. The van der Waals surface area contributed by atoms with Gasteiger partial charge in [0.2, 0.25) is 0 Å². The molecule has 112 valence electrons. The third kappa shape index (κ3) is 3.02. The Morgan fingerprint density at radius 1 is 1.45 bits per heavy atom. The highest BCUT2D eigenvalue weighted by atomic mass is 16.7. The second-order valence-electron chi connectivity index (χ2n) is 5.70. The van der Waals surface area contributed by atoms with Crippen molar-refractivity contribution in [3.8, 4) is 0 Å². The van der Waals surface area contributed by atoms with Gasteiger partial charge in [0.05, 0.1) is 0 Å². The van der Waals surface area contributed by atoms with Gasteiger partial charge in [-0.2, -0.15) is 0 Å². The lowest BCUT2D eigenvalue weighted by Gasteiger charge is -2.35. The number of fused-ring (bicyclic) bond motifs is 2. The molecule has 1 aliphatic carbocycles. The van der Waals surface area contributed by atoms with E-state index in [1.807, 2.05) is 6.92 Å². The van der Waals surface area contributed by atoms with Crippen molar-refractivity contribution in [3.63, 3.8) is 0 Å². The molecule has 0 radical (unpaired) electrons. The monoisotopic (exact) mass is 284 g/mol. The van der Waals surface area contributed by atoms with Crippen molar-refractivity contribution in [3.05, 3.63) is 12.2 Å². The zero-order chi connectivity index (χ0) is 14.9. The third-order valence-corrected chi connectivity index (χ3v) is 3.88. The molecule has 0 aromatic heterocycles. The Hall–Kier alpha value is -1.40. The summed E-state index contributed by atoms with van der Waals surface area (Å²) in [5.41, 5.74) is -0.427. The summed E-state index contributed by atoms with van der Waals surface area (Å²) in [6.45, 7) is 6.31. The molecule has 0 amide bonds. The largest absolute Gasteiger partial charge is 0.457 e. The number of hydrogen-bond donors (Lipinski definition) is 1. The van der Waals surface area contributed by atoms with Gasteiger partial charge in [0.25, 0.3) is 0 Å². The van der Waals surface area contributed by atoms with E-state index in [-0.39, 0.29) is 11.5 Å². The van der Waals surface area contributed by atoms with Crippen LogP contribution in [0.1, 0.15) is 33.1 Å². The van der Waals surface area contributed by atoms with Crippen LogP contribution in [0.4, 0.5) is 0 Å². The Morgan fingerprint density at radius 2 is 2.15 bits per heavy atom. The zero-order valence-corrected chi connectivity index (χ0v) is 11.8. The van der Waals surface area contributed by atoms with E-state index in [1.165, 1.54) is 6.92 Å². The maximum Gasteiger partial charge on any atom is 0.344 e. The summed E-state index contributed by atoms with van der Waals surface area (Å²) in [5, 5.41) is 9.71. The molecular weight excluding hydrogens is 264 g/mol. The van der Waals surface area contributed by atoms with Gasteiger partial charge in [-0.05, 0) is 33.1 Å². The lowest BCUT2D eigenvalue weighted by Crippen LogP contribution is -2.44. The predicted molar refractivity (Wildman–Crippen MR) is 68.5 cm³/mol. The number of ether oxygens (including phenoxy) is 3. The minimum atomic E-state index is -0.787. The number of esters is 2. The maximum absolute atomic E-state index is 11.7. The number of hydrogen-bond acceptors (Lipinski definition) is 6. The first kappa shape index (κ1) is 15.0. The third-order valence-electron chi connectivity index (χ3n) is 3.88. The lowest BCUT2D eigenvalue weighted by molar-refractivity contribution is -0.190. The summed E-state index contributed by atoms with van der Waals surface area (Å²) < 4.78 is 15.6. The summed E-state index contributed by atoms with van der Waals surface area (Å²) in [7, 11) is 0. The molecule has 6 heteroatoms. The van der Waals surface area contributed by atoms with Crippen molar-refractivity contribution in [1.29, 1.82) is 0 Å². The van der Waals surface area contributed by atoms with Crippen molar-refractivity contribution in [2.24, 2.45) is 5.92 Å². The molecule has 1 saturated carbocycles. The van der Waals surface area contributed by atoms with Crippen LogP contribution < -0.4 is 0 Å². The van der Waals surface area contributed by atoms with Gasteiger partial charge in [-0.1, -0.05) is 6.58 Å². The predicted octanol–water partition coefficient (Wildman–Crippen LogP) is 0.925. The van der Waals surface area contributed by atoms with E-state index >= 15 is 0 Å². The summed E-state index contributed by atoms with van der Waals surface area (Å²) in [4.78, 5) is 22.9. The van der Waals surface area contributed by atoms with Gasteiger partial charge in [-0.3, -0.25) is 0 Å². The molecule has 2 bridgehead atoms. The van der Waals surface area contributed by atoms with Crippen molar-refractivity contribution in [2.75, 3.05) is 6.61 Å². The van der Waals surface area contributed by atoms with Crippen LogP contribution in [0, 0.1) is 5.92 Å². The Kier molecular flexibility index (Phi) is 4.15. The van der Waals surface area contributed by atoms with E-state index in [4.69, 9.17) is 14.2 Å². The molecule has 20 heavy (non-hydrogen) atoms. The van der Waals surface area contributed by atoms with Crippen LogP contribution in [-0.4, -0.2) is 41.6 Å². The summed E-state index contributed by atoms with van der Waals surface area (Å²) in [5.74, 6) is -1.13. The molecule has 2 rings (SSSR count). The second-order valence-corrected chi connectivity index (χ2v) is 5.70. The topological polar surface area (TPSA) is 82.1 Å². The molecule has 0 aromatic carbocycles. The van der Waals surface area contributed by atoms with E-state index in [0.717, 1.165) is 6.42 Å². The average molecular weight is 284 g/mol. The molecule has 1 N–H and O–H groups in total. The van der Waals surface area contributed by atoms with Gasteiger partial charge in [0.1, 0.15) is 11.7 Å². The Morgan fingerprint density at radius 3 is 2.80 bits per heavy atom. The highest BCUT2D eigenvalue weighted by Crippen LogP contribution is 2.45. The molecule has 1 saturated heterocycles. The number of rotatable bonds is 4. The smallest absolute Gasteiger partial charge is 0.344 e. The van der Waals surface area contributed by atoms with E-state index < -0.39 is 36.5 Å². The van der Waals surface area contributed by atoms with Crippen LogP contribution in [0.15, 0.2) is 12.2 Å². The van der Waals surface area contributed by atoms with Crippen LogP contribution in [0.25, 0.3) is 0 Å². The molecule has 1 aliphatic heterocycles. The van der Waals surface area contributed by atoms with E-state index in [1.54, 1.807) is 0 Å². The van der Waals surface area contributed by atoms with Crippen LogP contribution in [0.2, 0.25) is 0 Å². The number of carbonyl (C=O) groups is 2. The molecule has 4 atom stereocenters. The fourth-order valence-electron chi connectivity index (χ4n) is 2.79. The Balaban J connectivity index is 1.85. The number of aliphatic hydroxyl groups is 1. The van der Waals surface area contributed by atoms with Gasteiger partial charge < -0.3 is 19.3 Å². The van der Waals surface area contributed by atoms with Gasteiger partial charge in [-0.15, -0.1) is 0 Å². The molecule has 0 aromatic rings.